The Labute approximate surface area is 190 Å². The molecular weight excluding hydrogens is 424 g/mol. The van der Waals surface area contributed by atoms with E-state index in [1.165, 1.54) is 11.3 Å². The van der Waals surface area contributed by atoms with Crippen LogP contribution in [0.3, 0.4) is 0 Å². The highest BCUT2D eigenvalue weighted by atomic mass is 32.1. The van der Waals surface area contributed by atoms with Crippen LogP contribution in [0.2, 0.25) is 0 Å². The Morgan fingerprint density at radius 3 is 2.38 bits per heavy atom. The van der Waals surface area contributed by atoms with E-state index in [0.29, 0.717) is 47.8 Å². The molecule has 0 aliphatic carbocycles. The van der Waals surface area contributed by atoms with E-state index in [-0.39, 0.29) is 23.6 Å². The lowest BCUT2D eigenvalue weighted by Crippen LogP contribution is -2.42. The van der Waals surface area contributed by atoms with Crippen LogP contribution in [-0.2, 0) is 4.79 Å². The van der Waals surface area contributed by atoms with Gasteiger partial charge in [0.1, 0.15) is 9.88 Å². The summed E-state index contributed by atoms with van der Waals surface area (Å²) in [6, 6.07) is 16.7. The first-order valence-corrected chi connectivity index (χ1v) is 11.3. The van der Waals surface area contributed by atoms with Crippen LogP contribution in [0.4, 0.5) is 5.69 Å². The number of hydrogen-bond acceptors (Lipinski definition) is 5. The zero-order valence-electron chi connectivity index (χ0n) is 17.7. The van der Waals surface area contributed by atoms with Crippen molar-refractivity contribution < 1.29 is 14.4 Å². The van der Waals surface area contributed by atoms with Gasteiger partial charge in [0.25, 0.3) is 11.8 Å². The molecule has 3 N–H and O–H groups in total. The summed E-state index contributed by atoms with van der Waals surface area (Å²) in [7, 11) is 0. The van der Waals surface area contributed by atoms with Crippen LogP contribution in [0.15, 0.2) is 54.6 Å². The number of anilines is 1. The van der Waals surface area contributed by atoms with E-state index < -0.39 is 0 Å². The van der Waals surface area contributed by atoms with Crippen LogP contribution < -0.4 is 11.1 Å². The van der Waals surface area contributed by atoms with Gasteiger partial charge in [0.2, 0.25) is 5.91 Å². The largest absolute Gasteiger partial charge is 0.369 e. The van der Waals surface area contributed by atoms with Crippen LogP contribution in [0.25, 0.3) is 10.6 Å². The lowest BCUT2D eigenvalue weighted by molar-refractivity contribution is -0.123. The molecule has 3 aromatic rings. The van der Waals surface area contributed by atoms with Gasteiger partial charge in [-0.2, -0.15) is 0 Å². The molecule has 0 radical (unpaired) electrons. The number of benzene rings is 2. The number of para-hydroxylation sites is 1. The number of primary amides is 1. The molecule has 3 amide bonds. The monoisotopic (exact) mass is 448 g/mol. The van der Waals surface area contributed by atoms with Gasteiger partial charge in [-0.05, 0) is 31.9 Å². The molecule has 0 unspecified atom stereocenters. The SMILES string of the molecule is Cc1nc(-c2ccccc2)sc1C(=O)Nc1ccccc1C(=O)N1CCC(C(N)=O)CC1. The van der Waals surface area contributed by atoms with Crippen LogP contribution in [0.5, 0.6) is 0 Å². The van der Waals surface area contributed by atoms with E-state index in [1.54, 1.807) is 36.1 Å². The third-order valence-electron chi connectivity index (χ3n) is 5.61. The Morgan fingerprint density at radius 2 is 1.69 bits per heavy atom. The first-order chi connectivity index (χ1) is 15.4. The van der Waals surface area contributed by atoms with Crippen molar-refractivity contribution >= 4 is 34.7 Å². The van der Waals surface area contributed by atoms with Crippen molar-refractivity contribution in [3.05, 3.63) is 70.7 Å². The van der Waals surface area contributed by atoms with Crippen molar-refractivity contribution in [2.24, 2.45) is 11.7 Å². The van der Waals surface area contributed by atoms with Crippen molar-refractivity contribution in [2.45, 2.75) is 19.8 Å². The van der Waals surface area contributed by atoms with E-state index in [0.717, 1.165) is 10.6 Å². The lowest BCUT2D eigenvalue weighted by Gasteiger charge is -2.31. The third kappa shape index (κ3) is 4.55. The predicted molar refractivity (Wildman–Crippen MR) is 125 cm³/mol. The molecule has 2 heterocycles. The fourth-order valence-electron chi connectivity index (χ4n) is 3.81. The molecular formula is C24H24N4O3S. The summed E-state index contributed by atoms with van der Waals surface area (Å²) in [4.78, 5) is 44.3. The summed E-state index contributed by atoms with van der Waals surface area (Å²) in [6.07, 6.45) is 1.11. The van der Waals surface area contributed by atoms with Gasteiger partial charge in [-0.3, -0.25) is 14.4 Å². The highest BCUT2D eigenvalue weighted by Gasteiger charge is 2.28. The van der Waals surface area contributed by atoms with Crippen molar-refractivity contribution in [3.63, 3.8) is 0 Å². The smallest absolute Gasteiger partial charge is 0.267 e. The number of likely N-dealkylation sites (tertiary alicyclic amines) is 1. The first kappa shape index (κ1) is 21.7. The van der Waals surface area contributed by atoms with Crippen molar-refractivity contribution in [3.8, 4) is 10.6 Å². The molecule has 0 spiro atoms. The van der Waals surface area contributed by atoms with E-state index in [4.69, 9.17) is 5.73 Å². The zero-order chi connectivity index (χ0) is 22.7. The molecule has 1 aliphatic heterocycles. The molecule has 7 nitrogen and oxygen atoms in total. The van der Waals surface area contributed by atoms with Gasteiger partial charge in [0.15, 0.2) is 0 Å². The zero-order valence-corrected chi connectivity index (χ0v) is 18.5. The van der Waals surface area contributed by atoms with Gasteiger partial charge < -0.3 is 16.0 Å². The van der Waals surface area contributed by atoms with Gasteiger partial charge in [-0.1, -0.05) is 42.5 Å². The van der Waals surface area contributed by atoms with E-state index >= 15 is 0 Å². The molecule has 1 fully saturated rings. The molecule has 8 heteroatoms. The average Bonchev–Trinajstić information content (AvgIpc) is 3.21. The Kier molecular flexibility index (Phi) is 6.32. The second kappa shape index (κ2) is 9.32. The minimum Gasteiger partial charge on any atom is -0.369 e. The summed E-state index contributed by atoms with van der Waals surface area (Å²) >= 11 is 1.32. The molecule has 4 rings (SSSR count). The van der Waals surface area contributed by atoms with Crippen molar-refractivity contribution in [2.75, 3.05) is 18.4 Å². The van der Waals surface area contributed by atoms with Crippen LogP contribution in [0, 0.1) is 12.8 Å². The highest BCUT2D eigenvalue weighted by Crippen LogP contribution is 2.29. The van der Waals surface area contributed by atoms with Crippen molar-refractivity contribution in [1.29, 1.82) is 0 Å². The fraction of sp³-hybridized carbons (Fsp3) is 0.250. The second-order valence-corrected chi connectivity index (χ2v) is 8.77. The summed E-state index contributed by atoms with van der Waals surface area (Å²) in [5.74, 6) is -0.980. The molecule has 164 valence electrons. The molecule has 0 saturated carbocycles. The maximum Gasteiger partial charge on any atom is 0.267 e. The average molecular weight is 449 g/mol. The Balaban J connectivity index is 1.51. The number of aryl methyl sites for hydroxylation is 1. The number of nitrogens with one attached hydrogen (secondary N) is 1. The maximum atomic E-state index is 13.1. The third-order valence-corrected chi connectivity index (χ3v) is 6.82. The van der Waals surface area contributed by atoms with Gasteiger partial charge in [0.05, 0.1) is 16.9 Å². The summed E-state index contributed by atoms with van der Waals surface area (Å²) < 4.78 is 0. The molecule has 0 atom stereocenters. The number of nitrogens with two attached hydrogens (primary N) is 1. The molecule has 32 heavy (non-hydrogen) atoms. The summed E-state index contributed by atoms with van der Waals surface area (Å²) in [5.41, 5.74) is 7.86. The highest BCUT2D eigenvalue weighted by molar-refractivity contribution is 7.17. The van der Waals surface area contributed by atoms with Gasteiger partial charge in [-0.25, -0.2) is 4.98 Å². The number of aromatic nitrogens is 1. The number of piperidine rings is 1. The fourth-order valence-corrected chi connectivity index (χ4v) is 4.77. The summed E-state index contributed by atoms with van der Waals surface area (Å²) in [5, 5.41) is 3.66. The number of amides is 3. The van der Waals surface area contributed by atoms with Gasteiger partial charge in [-0.15, -0.1) is 11.3 Å². The Hall–Kier alpha value is -3.52. The van der Waals surface area contributed by atoms with E-state index in [2.05, 4.69) is 10.3 Å². The number of nitrogens with zero attached hydrogens (tertiary/aromatic N) is 2. The summed E-state index contributed by atoms with van der Waals surface area (Å²) in [6.45, 7) is 2.73. The first-order valence-electron chi connectivity index (χ1n) is 10.5. The van der Waals surface area contributed by atoms with Crippen LogP contribution >= 0.6 is 11.3 Å². The topological polar surface area (TPSA) is 105 Å². The Bertz CT molecular complexity index is 1150. The van der Waals surface area contributed by atoms with E-state index in [9.17, 15) is 14.4 Å². The van der Waals surface area contributed by atoms with Gasteiger partial charge >= 0.3 is 0 Å². The number of hydrogen-bond donors (Lipinski definition) is 2. The minimum atomic E-state index is -0.320. The lowest BCUT2D eigenvalue weighted by atomic mass is 9.95. The molecule has 1 saturated heterocycles. The van der Waals surface area contributed by atoms with Gasteiger partial charge in [0, 0.05) is 24.6 Å². The Morgan fingerprint density at radius 1 is 1.03 bits per heavy atom. The van der Waals surface area contributed by atoms with Crippen LogP contribution in [0.1, 0.15) is 38.6 Å². The standard InChI is InChI=1S/C24H24N4O3S/c1-15-20(32-23(26-15)17-7-3-2-4-8-17)22(30)27-19-10-6-5-9-18(19)24(31)28-13-11-16(12-14-28)21(25)29/h2-10,16H,11-14H2,1H3,(H2,25,29)(H,27,30). The molecule has 1 aliphatic rings. The van der Waals surface area contributed by atoms with Crippen molar-refractivity contribution in [1.82, 2.24) is 9.88 Å². The number of carbonyl (C=O) groups is 3. The quantitative estimate of drug-likeness (QED) is 0.621. The van der Waals surface area contributed by atoms with E-state index in [1.807, 2.05) is 30.3 Å². The van der Waals surface area contributed by atoms with Crippen LogP contribution in [-0.4, -0.2) is 40.7 Å². The normalized spacial score (nSPS) is 14.2. The minimum absolute atomic E-state index is 0.171. The molecule has 2 aromatic carbocycles. The second-order valence-electron chi connectivity index (χ2n) is 7.77. The molecule has 0 bridgehead atoms. The predicted octanol–water partition coefficient (Wildman–Crippen LogP) is 3.71. The number of carbonyl (C=O) groups excluding carboxylic acids is 3. The maximum absolute atomic E-state index is 13.1. The molecule has 1 aromatic heterocycles. The number of thiazole rings is 1. The number of rotatable bonds is 5.